The van der Waals surface area contributed by atoms with Crippen LogP contribution in [0.4, 0.5) is 16.2 Å². The summed E-state index contributed by atoms with van der Waals surface area (Å²) in [7, 11) is 2.09. The molecule has 25 heavy (non-hydrogen) atoms. The van der Waals surface area contributed by atoms with Crippen LogP contribution in [0, 0.1) is 5.92 Å². The third-order valence-electron chi connectivity index (χ3n) is 5.78. The van der Waals surface area contributed by atoms with Gasteiger partial charge >= 0.3 is 6.03 Å². The summed E-state index contributed by atoms with van der Waals surface area (Å²) in [5, 5.41) is 3.06. The van der Waals surface area contributed by atoms with Crippen LogP contribution in [0.15, 0.2) is 18.2 Å². The number of nitrogens with one attached hydrogen (secondary N) is 1. The Kier molecular flexibility index (Phi) is 4.33. The number of nitrogens with zero attached hydrogens (tertiary/aromatic N) is 2. The number of ether oxygens (including phenoxy) is 2. The Hall–Kier alpha value is -1.79. The molecule has 3 heterocycles. The van der Waals surface area contributed by atoms with E-state index in [2.05, 4.69) is 29.4 Å². The van der Waals surface area contributed by atoms with Gasteiger partial charge in [-0.15, -0.1) is 0 Å². The lowest BCUT2D eigenvalue weighted by molar-refractivity contribution is -0.189. The van der Waals surface area contributed by atoms with Crippen molar-refractivity contribution in [3.8, 4) is 0 Å². The highest BCUT2D eigenvalue weighted by atomic mass is 16.7. The van der Waals surface area contributed by atoms with Crippen molar-refractivity contribution >= 4 is 17.4 Å². The molecule has 3 aliphatic heterocycles. The van der Waals surface area contributed by atoms with Crippen LogP contribution in [0.1, 0.15) is 25.3 Å². The van der Waals surface area contributed by atoms with Crippen molar-refractivity contribution in [2.75, 3.05) is 50.1 Å². The number of hydrogen-bond donors (Lipinski definition) is 1. The Bertz CT molecular complexity index is 657. The van der Waals surface area contributed by atoms with Gasteiger partial charge in [-0.25, -0.2) is 4.79 Å². The number of anilines is 2. The lowest BCUT2D eigenvalue weighted by atomic mass is 9.90. The Morgan fingerprint density at radius 2 is 2.08 bits per heavy atom. The topological polar surface area (TPSA) is 54.0 Å². The Morgan fingerprint density at radius 3 is 2.88 bits per heavy atom. The molecule has 1 aromatic carbocycles. The van der Waals surface area contributed by atoms with E-state index < -0.39 is 5.79 Å². The predicted octanol–water partition coefficient (Wildman–Crippen LogP) is 2.69. The molecular formula is C19H27N3O3. The van der Waals surface area contributed by atoms with Gasteiger partial charge in [0.05, 0.1) is 13.2 Å². The molecule has 2 saturated heterocycles. The van der Waals surface area contributed by atoms with Gasteiger partial charge in [0.15, 0.2) is 5.79 Å². The van der Waals surface area contributed by atoms with Crippen LogP contribution in [-0.4, -0.2) is 56.6 Å². The molecule has 1 atom stereocenters. The molecule has 0 spiro atoms. The first-order valence-corrected chi connectivity index (χ1v) is 9.23. The van der Waals surface area contributed by atoms with Crippen LogP contribution >= 0.6 is 0 Å². The van der Waals surface area contributed by atoms with E-state index in [-0.39, 0.29) is 11.9 Å². The summed E-state index contributed by atoms with van der Waals surface area (Å²) < 4.78 is 11.6. The molecule has 0 radical (unpaired) electrons. The normalized spacial score (nSPS) is 25.1. The second kappa shape index (κ2) is 6.50. The minimum atomic E-state index is -0.546. The molecule has 0 aliphatic carbocycles. The second-order valence-corrected chi connectivity index (χ2v) is 7.44. The Morgan fingerprint density at radius 1 is 1.28 bits per heavy atom. The van der Waals surface area contributed by atoms with Gasteiger partial charge in [0, 0.05) is 44.0 Å². The standard InChI is InChI=1S/C19H27N3O3/c1-19(24-10-11-25-19)15-4-3-8-22(13-15)18(23)20-16-6-5-14-7-9-21(2)17(14)12-16/h5-6,12,15H,3-4,7-11,13H2,1-2H3,(H,20,23)/t15-/m1/s1. The molecule has 136 valence electrons. The maximum Gasteiger partial charge on any atom is 0.321 e. The summed E-state index contributed by atoms with van der Waals surface area (Å²) in [6.45, 7) is 5.78. The van der Waals surface area contributed by atoms with E-state index in [9.17, 15) is 4.79 Å². The van der Waals surface area contributed by atoms with E-state index in [1.54, 1.807) is 0 Å². The van der Waals surface area contributed by atoms with Crippen molar-refractivity contribution < 1.29 is 14.3 Å². The van der Waals surface area contributed by atoms with Gasteiger partial charge in [-0.1, -0.05) is 6.07 Å². The van der Waals surface area contributed by atoms with Gasteiger partial charge in [-0.05, 0) is 43.9 Å². The third kappa shape index (κ3) is 3.20. The molecule has 4 rings (SSSR count). The van der Waals surface area contributed by atoms with Crippen LogP contribution in [0.5, 0.6) is 0 Å². The summed E-state index contributed by atoms with van der Waals surface area (Å²) in [5.74, 6) is -0.324. The zero-order chi connectivity index (χ0) is 17.4. The van der Waals surface area contributed by atoms with Crippen LogP contribution < -0.4 is 10.2 Å². The quantitative estimate of drug-likeness (QED) is 0.895. The lowest BCUT2D eigenvalue weighted by Gasteiger charge is -2.39. The van der Waals surface area contributed by atoms with Crippen molar-refractivity contribution in [2.24, 2.45) is 5.92 Å². The molecule has 6 heteroatoms. The van der Waals surface area contributed by atoms with E-state index in [0.717, 1.165) is 38.0 Å². The van der Waals surface area contributed by atoms with Gasteiger partial charge in [0.25, 0.3) is 0 Å². The number of carbonyl (C=O) groups is 1. The van der Waals surface area contributed by atoms with E-state index in [1.165, 1.54) is 11.3 Å². The van der Waals surface area contributed by atoms with Gasteiger partial charge in [-0.3, -0.25) is 0 Å². The monoisotopic (exact) mass is 345 g/mol. The van der Waals surface area contributed by atoms with Crippen LogP contribution in [0.3, 0.4) is 0 Å². The largest absolute Gasteiger partial charge is 0.374 e. The van der Waals surface area contributed by atoms with E-state index in [1.807, 2.05) is 17.9 Å². The average molecular weight is 345 g/mol. The molecule has 6 nitrogen and oxygen atoms in total. The molecule has 0 aromatic heterocycles. The number of benzene rings is 1. The van der Waals surface area contributed by atoms with Crippen molar-refractivity contribution in [1.82, 2.24) is 4.90 Å². The summed E-state index contributed by atoms with van der Waals surface area (Å²) in [6.07, 6.45) is 3.09. The molecule has 1 N–H and O–H groups in total. The minimum absolute atomic E-state index is 0.0353. The third-order valence-corrected chi connectivity index (χ3v) is 5.78. The molecule has 1 aromatic rings. The highest BCUT2D eigenvalue weighted by molar-refractivity contribution is 5.90. The number of hydrogen-bond acceptors (Lipinski definition) is 4. The fraction of sp³-hybridized carbons (Fsp3) is 0.632. The predicted molar refractivity (Wildman–Crippen MR) is 97.0 cm³/mol. The van der Waals surface area contributed by atoms with Crippen molar-refractivity contribution in [2.45, 2.75) is 32.0 Å². The van der Waals surface area contributed by atoms with Crippen molar-refractivity contribution in [1.29, 1.82) is 0 Å². The number of amides is 2. The van der Waals surface area contributed by atoms with Gasteiger partial charge in [0.2, 0.25) is 0 Å². The smallest absolute Gasteiger partial charge is 0.321 e. The van der Waals surface area contributed by atoms with Gasteiger partial charge < -0.3 is 24.6 Å². The molecule has 0 bridgehead atoms. The maximum atomic E-state index is 12.7. The fourth-order valence-corrected chi connectivity index (χ4v) is 4.18. The molecule has 3 aliphatic rings. The number of urea groups is 1. The fourth-order valence-electron chi connectivity index (χ4n) is 4.18. The minimum Gasteiger partial charge on any atom is -0.374 e. The first-order chi connectivity index (χ1) is 12.0. The number of rotatable bonds is 2. The maximum absolute atomic E-state index is 12.7. The molecular weight excluding hydrogens is 318 g/mol. The highest BCUT2D eigenvalue weighted by Crippen LogP contribution is 2.34. The number of fused-ring (bicyclic) bond motifs is 1. The van der Waals surface area contributed by atoms with Gasteiger partial charge in [-0.2, -0.15) is 0 Å². The highest BCUT2D eigenvalue weighted by Gasteiger charge is 2.42. The Balaban J connectivity index is 1.42. The van der Waals surface area contributed by atoms with E-state index in [0.29, 0.717) is 19.8 Å². The molecule has 2 amide bonds. The first kappa shape index (κ1) is 16.7. The van der Waals surface area contributed by atoms with Crippen molar-refractivity contribution in [3.63, 3.8) is 0 Å². The number of piperidine rings is 1. The zero-order valence-corrected chi connectivity index (χ0v) is 15.1. The molecule has 0 saturated carbocycles. The van der Waals surface area contributed by atoms with Crippen molar-refractivity contribution in [3.05, 3.63) is 23.8 Å². The SMILES string of the molecule is CN1CCc2ccc(NC(=O)N3CCC[C@@H](C4(C)OCCO4)C3)cc21. The van der Waals surface area contributed by atoms with Crippen LogP contribution in [0.2, 0.25) is 0 Å². The Labute approximate surface area is 149 Å². The van der Waals surface area contributed by atoms with Gasteiger partial charge in [0.1, 0.15) is 0 Å². The summed E-state index contributed by atoms with van der Waals surface area (Å²) >= 11 is 0. The summed E-state index contributed by atoms with van der Waals surface area (Å²) in [4.78, 5) is 16.9. The summed E-state index contributed by atoms with van der Waals surface area (Å²) in [6, 6.07) is 6.16. The lowest BCUT2D eigenvalue weighted by Crippen LogP contribution is -2.49. The van der Waals surface area contributed by atoms with E-state index in [4.69, 9.17) is 9.47 Å². The summed E-state index contributed by atoms with van der Waals surface area (Å²) in [5.41, 5.74) is 3.43. The molecule has 2 fully saturated rings. The molecule has 0 unspecified atom stereocenters. The number of likely N-dealkylation sites (tertiary alicyclic amines) is 1. The first-order valence-electron chi connectivity index (χ1n) is 9.23. The second-order valence-electron chi connectivity index (χ2n) is 7.44. The van der Waals surface area contributed by atoms with E-state index >= 15 is 0 Å². The average Bonchev–Trinajstić information content (AvgIpc) is 3.23. The van der Waals surface area contributed by atoms with Crippen LogP contribution in [-0.2, 0) is 15.9 Å². The number of carbonyl (C=O) groups excluding carboxylic acids is 1. The van der Waals surface area contributed by atoms with Crippen LogP contribution in [0.25, 0.3) is 0 Å². The zero-order valence-electron chi connectivity index (χ0n) is 15.1. The number of likely N-dealkylation sites (N-methyl/N-ethyl adjacent to an activating group) is 1.